The van der Waals surface area contributed by atoms with Gasteiger partial charge in [-0.25, -0.2) is 0 Å². The van der Waals surface area contributed by atoms with Crippen LogP contribution in [0.2, 0.25) is 0 Å². The van der Waals surface area contributed by atoms with E-state index in [1.54, 1.807) is 6.92 Å². The minimum Gasteiger partial charge on any atom is -0.375 e. The highest BCUT2D eigenvalue weighted by molar-refractivity contribution is 5.75. The molecule has 2 atom stereocenters. The van der Waals surface area contributed by atoms with Crippen molar-refractivity contribution in [3.05, 3.63) is 0 Å². The number of ketones is 1. The van der Waals surface area contributed by atoms with E-state index in [0.717, 1.165) is 12.8 Å². The molecule has 0 amide bonds. The van der Waals surface area contributed by atoms with Crippen LogP contribution >= 0.6 is 0 Å². The van der Waals surface area contributed by atoms with Gasteiger partial charge in [-0.1, -0.05) is 0 Å². The largest absolute Gasteiger partial charge is 0.375 e. The minimum atomic E-state index is 0.293. The van der Waals surface area contributed by atoms with Crippen molar-refractivity contribution < 1.29 is 9.53 Å². The Morgan fingerprint density at radius 1 is 1.50 bits per heavy atom. The van der Waals surface area contributed by atoms with Crippen molar-refractivity contribution in [3.8, 4) is 0 Å². The van der Waals surface area contributed by atoms with Crippen LogP contribution in [0.3, 0.4) is 0 Å². The molecule has 1 heterocycles. The highest BCUT2D eigenvalue weighted by atomic mass is 16.5. The third-order valence-electron chi connectivity index (χ3n) is 2.37. The molecule has 2 nitrogen and oxygen atoms in total. The molecule has 0 bridgehead atoms. The molecule has 0 radical (unpaired) electrons. The molecule has 0 aromatic rings. The molecular formula is C10H18O2. The molecule has 2 heteroatoms. The Morgan fingerprint density at radius 2 is 2.25 bits per heavy atom. The normalized spacial score (nSPS) is 29.2. The van der Waals surface area contributed by atoms with Crippen molar-refractivity contribution in [2.24, 2.45) is 0 Å². The summed E-state index contributed by atoms with van der Waals surface area (Å²) in [6.45, 7) is 3.77. The first-order valence-corrected chi connectivity index (χ1v) is 4.83. The van der Waals surface area contributed by atoms with Gasteiger partial charge in [0.1, 0.15) is 5.78 Å². The van der Waals surface area contributed by atoms with E-state index in [2.05, 4.69) is 6.92 Å². The Balaban J connectivity index is 2.04. The summed E-state index contributed by atoms with van der Waals surface area (Å²) in [6, 6.07) is 0. The molecule has 0 aliphatic carbocycles. The molecule has 0 N–H and O–H groups in total. The van der Waals surface area contributed by atoms with Gasteiger partial charge in [-0.05, 0) is 39.5 Å². The summed E-state index contributed by atoms with van der Waals surface area (Å²) >= 11 is 0. The molecule has 0 saturated carbocycles. The summed E-state index contributed by atoms with van der Waals surface area (Å²) < 4.78 is 5.63. The molecule has 70 valence electrons. The molecule has 1 fully saturated rings. The number of hydrogen-bond donors (Lipinski definition) is 0. The zero-order valence-corrected chi connectivity index (χ0v) is 8.01. The smallest absolute Gasteiger partial charge is 0.129 e. The van der Waals surface area contributed by atoms with E-state index in [0.29, 0.717) is 24.4 Å². The fourth-order valence-corrected chi connectivity index (χ4v) is 1.68. The van der Waals surface area contributed by atoms with Crippen LogP contribution in [0.4, 0.5) is 0 Å². The molecule has 0 spiro atoms. The second-order valence-corrected chi connectivity index (χ2v) is 3.74. The predicted octanol–water partition coefficient (Wildman–Crippen LogP) is 2.31. The second-order valence-electron chi connectivity index (χ2n) is 3.74. The van der Waals surface area contributed by atoms with Gasteiger partial charge in [0.15, 0.2) is 0 Å². The molecule has 1 rings (SSSR count). The summed E-state index contributed by atoms with van der Waals surface area (Å²) in [4.78, 5) is 10.6. The average Bonchev–Trinajstić information content (AvgIpc) is 2.35. The fourth-order valence-electron chi connectivity index (χ4n) is 1.68. The molecule has 1 aliphatic heterocycles. The van der Waals surface area contributed by atoms with Crippen LogP contribution in [0.5, 0.6) is 0 Å². The van der Waals surface area contributed by atoms with Gasteiger partial charge in [-0.3, -0.25) is 0 Å². The van der Waals surface area contributed by atoms with E-state index >= 15 is 0 Å². The van der Waals surface area contributed by atoms with Crippen LogP contribution in [-0.2, 0) is 9.53 Å². The predicted molar refractivity (Wildman–Crippen MR) is 48.1 cm³/mol. The summed E-state index contributed by atoms with van der Waals surface area (Å²) in [6.07, 6.45) is 6.00. The van der Waals surface area contributed by atoms with Crippen molar-refractivity contribution in [2.45, 2.75) is 58.2 Å². The van der Waals surface area contributed by atoms with Crippen LogP contribution in [0.25, 0.3) is 0 Å². The van der Waals surface area contributed by atoms with Crippen LogP contribution in [0.15, 0.2) is 0 Å². The third kappa shape index (κ3) is 3.35. The van der Waals surface area contributed by atoms with Crippen molar-refractivity contribution in [3.63, 3.8) is 0 Å². The first kappa shape index (κ1) is 9.72. The van der Waals surface area contributed by atoms with Crippen LogP contribution < -0.4 is 0 Å². The lowest BCUT2D eigenvalue weighted by Gasteiger charge is -2.09. The van der Waals surface area contributed by atoms with Gasteiger partial charge in [0.2, 0.25) is 0 Å². The van der Waals surface area contributed by atoms with E-state index in [1.807, 2.05) is 0 Å². The quantitative estimate of drug-likeness (QED) is 0.647. The highest BCUT2D eigenvalue weighted by Crippen LogP contribution is 2.22. The molecular weight excluding hydrogens is 152 g/mol. The maximum Gasteiger partial charge on any atom is 0.129 e. The molecule has 12 heavy (non-hydrogen) atoms. The highest BCUT2D eigenvalue weighted by Gasteiger charge is 2.20. The van der Waals surface area contributed by atoms with Crippen LogP contribution in [0, 0.1) is 0 Å². The van der Waals surface area contributed by atoms with E-state index in [4.69, 9.17) is 4.74 Å². The Morgan fingerprint density at radius 3 is 2.75 bits per heavy atom. The van der Waals surface area contributed by atoms with Crippen LogP contribution in [0.1, 0.15) is 46.0 Å². The number of rotatable bonds is 4. The monoisotopic (exact) mass is 170 g/mol. The maximum absolute atomic E-state index is 10.6. The maximum atomic E-state index is 10.6. The van der Waals surface area contributed by atoms with Crippen molar-refractivity contribution in [2.75, 3.05) is 0 Å². The Hall–Kier alpha value is -0.370. The second kappa shape index (κ2) is 4.61. The lowest BCUT2D eigenvalue weighted by molar-refractivity contribution is -0.117. The van der Waals surface area contributed by atoms with Gasteiger partial charge in [0.25, 0.3) is 0 Å². The summed E-state index contributed by atoms with van der Waals surface area (Å²) in [5.74, 6) is 0.293. The van der Waals surface area contributed by atoms with E-state index < -0.39 is 0 Å². The summed E-state index contributed by atoms with van der Waals surface area (Å²) in [7, 11) is 0. The van der Waals surface area contributed by atoms with Gasteiger partial charge in [-0.15, -0.1) is 0 Å². The molecule has 2 unspecified atom stereocenters. The third-order valence-corrected chi connectivity index (χ3v) is 2.37. The number of carbonyl (C=O) groups excluding carboxylic acids is 1. The SMILES string of the molecule is CC(=O)CCCC1CCC(C)O1. The number of hydrogen-bond acceptors (Lipinski definition) is 2. The summed E-state index contributed by atoms with van der Waals surface area (Å²) in [5.41, 5.74) is 0. The lowest BCUT2D eigenvalue weighted by atomic mass is 10.1. The summed E-state index contributed by atoms with van der Waals surface area (Å²) in [5, 5.41) is 0. The van der Waals surface area contributed by atoms with Crippen LogP contribution in [-0.4, -0.2) is 18.0 Å². The molecule has 1 saturated heterocycles. The van der Waals surface area contributed by atoms with Crippen molar-refractivity contribution >= 4 is 5.78 Å². The van der Waals surface area contributed by atoms with Gasteiger partial charge >= 0.3 is 0 Å². The Labute approximate surface area is 74.3 Å². The zero-order valence-electron chi connectivity index (χ0n) is 8.01. The number of Topliss-reactive ketones (excluding diaryl/α,β-unsaturated/α-hetero) is 1. The lowest BCUT2D eigenvalue weighted by Crippen LogP contribution is -2.08. The van der Waals surface area contributed by atoms with Gasteiger partial charge < -0.3 is 9.53 Å². The number of carbonyl (C=O) groups is 1. The van der Waals surface area contributed by atoms with E-state index in [1.165, 1.54) is 12.8 Å². The Bertz CT molecular complexity index is 154. The van der Waals surface area contributed by atoms with Crippen molar-refractivity contribution in [1.29, 1.82) is 0 Å². The fraction of sp³-hybridized carbons (Fsp3) is 0.900. The number of ether oxygens (including phenoxy) is 1. The van der Waals surface area contributed by atoms with E-state index in [-0.39, 0.29) is 0 Å². The van der Waals surface area contributed by atoms with Gasteiger partial charge in [-0.2, -0.15) is 0 Å². The minimum absolute atomic E-state index is 0.293. The molecule has 0 aromatic carbocycles. The van der Waals surface area contributed by atoms with Gasteiger partial charge in [0.05, 0.1) is 12.2 Å². The Kier molecular flexibility index (Phi) is 3.73. The van der Waals surface area contributed by atoms with Crippen molar-refractivity contribution in [1.82, 2.24) is 0 Å². The standard InChI is InChI=1S/C10H18O2/c1-8(11)4-3-5-10-7-6-9(2)12-10/h9-10H,3-7H2,1-2H3. The first-order valence-electron chi connectivity index (χ1n) is 4.83. The topological polar surface area (TPSA) is 26.3 Å². The van der Waals surface area contributed by atoms with E-state index in [9.17, 15) is 4.79 Å². The first-order chi connectivity index (χ1) is 5.68. The zero-order chi connectivity index (χ0) is 8.97. The average molecular weight is 170 g/mol. The molecule has 0 aromatic heterocycles. The molecule has 1 aliphatic rings. The van der Waals surface area contributed by atoms with Gasteiger partial charge in [0, 0.05) is 6.42 Å².